The summed E-state index contributed by atoms with van der Waals surface area (Å²) in [5.41, 5.74) is 0.659. The second-order valence-electron chi connectivity index (χ2n) is 5.27. The smallest absolute Gasteiger partial charge is 0.346 e. The number of nitro groups is 1. The summed E-state index contributed by atoms with van der Waals surface area (Å²) in [7, 11) is -4.44. The fraction of sp³-hybridized carbons (Fsp3) is 0. The average Bonchev–Trinajstić information content (AvgIpc) is 2.62. The standard InChI is InChI=1S/C18H12ClNO5S/c19-14-10-11-18(16(12-14)20(21)22)26(23,24)25-17-9-5-4-8-15(17)13-6-2-1-3-7-13/h1-12H. The predicted octanol–water partition coefficient (Wildman–Crippen LogP) is 4.68. The third-order valence-corrected chi connectivity index (χ3v) is 5.08. The van der Waals surface area contributed by atoms with E-state index >= 15 is 0 Å². The van der Waals surface area contributed by atoms with Gasteiger partial charge in [0, 0.05) is 16.7 Å². The first-order valence-corrected chi connectivity index (χ1v) is 9.20. The van der Waals surface area contributed by atoms with Crippen LogP contribution in [0.15, 0.2) is 77.7 Å². The van der Waals surface area contributed by atoms with Gasteiger partial charge >= 0.3 is 10.1 Å². The van der Waals surface area contributed by atoms with Gasteiger partial charge in [0.1, 0.15) is 0 Å². The van der Waals surface area contributed by atoms with Crippen LogP contribution in [0.3, 0.4) is 0 Å². The van der Waals surface area contributed by atoms with E-state index in [0.29, 0.717) is 5.56 Å². The van der Waals surface area contributed by atoms with E-state index in [0.717, 1.165) is 17.7 Å². The normalized spacial score (nSPS) is 11.1. The molecule has 0 aliphatic carbocycles. The lowest BCUT2D eigenvalue weighted by Gasteiger charge is -2.12. The summed E-state index contributed by atoms with van der Waals surface area (Å²) >= 11 is 5.74. The van der Waals surface area contributed by atoms with Gasteiger partial charge in [-0.2, -0.15) is 8.42 Å². The van der Waals surface area contributed by atoms with Crippen molar-refractivity contribution < 1.29 is 17.5 Å². The molecule has 0 aromatic heterocycles. The lowest BCUT2D eigenvalue weighted by Crippen LogP contribution is -2.12. The van der Waals surface area contributed by atoms with Crippen molar-refractivity contribution in [2.24, 2.45) is 0 Å². The monoisotopic (exact) mass is 389 g/mol. The third kappa shape index (κ3) is 3.68. The number of hydrogen-bond donors (Lipinski definition) is 0. The zero-order valence-corrected chi connectivity index (χ0v) is 14.8. The largest absolute Gasteiger partial charge is 0.378 e. The molecule has 132 valence electrons. The van der Waals surface area contributed by atoms with Crippen molar-refractivity contribution in [2.45, 2.75) is 4.90 Å². The summed E-state index contributed by atoms with van der Waals surface area (Å²) in [5, 5.41) is 11.2. The van der Waals surface area contributed by atoms with Gasteiger partial charge in [0.2, 0.25) is 0 Å². The number of rotatable bonds is 5. The van der Waals surface area contributed by atoms with Gasteiger partial charge in [-0.3, -0.25) is 10.1 Å². The minimum Gasteiger partial charge on any atom is -0.378 e. The Labute approximate surface area is 154 Å². The Morgan fingerprint density at radius 3 is 2.27 bits per heavy atom. The fourth-order valence-corrected chi connectivity index (χ4v) is 3.67. The summed E-state index contributed by atoms with van der Waals surface area (Å²) in [6, 6.07) is 18.9. The Kier molecular flexibility index (Phi) is 4.92. The van der Waals surface area contributed by atoms with E-state index in [2.05, 4.69) is 0 Å². The number of benzene rings is 3. The maximum Gasteiger partial charge on any atom is 0.346 e. The van der Waals surface area contributed by atoms with Crippen LogP contribution in [0.2, 0.25) is 5.02 Å². The van der Waals surface area contributed by atoms with E-state index in [9.17, 15) is 18.5 Å². The molecule has 0 spiro atoms. The molecule has 0 amide bonds. The van der Waals surface area contributed by atoms with Gasteiger partial charge in [0.15, 0.2) is 10.6 Å². The van der Waals surface area contributed by atoms with Crippen molar-refractivity contribution in [1.82, 2.24) is 0 Å². The SMILES string of the molecule is O=[N+]([O-])c1cc(Cl)ccc1S(=O)(=O)Oc1ccccc1-c1ccccc1. The van der Waals surface area contributed by atoms with E-state index in [1.807, 2.05) is 18.2 Å². The molecule has 0 bridgehead atoms. The molecule has 3 aromatic rings. The molecule has 8 heteroatoms. The van der Waals surface area contributed by atoms with Gasteiger partial charge in [-0.15, -0.1) is 0 Å². The van der Waals surface area contributed by atoms with Crippen LogP contribution in [-0.4, -0.2) is 13.3 Å². The van der Waals surface area contributed by atoms with Crippen LogP contribution in [-0.2, 0) is 10.1 Å². The van der Waals surface area contributed by atoms with Crippen LogP contribution < -0.4 is 4.18 Å². The molecule has 6 nitrogen and oxygen atoms in total. The summed E-state index contributed by atoms with van der Waals surface area (Å²) in [5.74, 6) is 0.0722. The van der Waals surface area contributed by atoms with E-state index in [1.165, 1.54) is 12.1 Å². The van der Waals surface area contributed by atoms with Crippen molar-refractivity contribution in [3.8, 4) is 16.9 Å². The maximum atomic E-state index is 12.7. The Morgan fingerprint density at radius 2 is 1.58 bits per heavy atom. The Hall–Kier alpha value is -2.90. The number of halogens is 1. The van der Waals surface area contributed by atoms with Crippen LogP contribution in [0.25, 0.3) is 11.1 Å². The van der Waals surface area contributed by atoms with Crippen molar-refractivity contribution in [2.75, 3.05) is 0 Å². The maximum absolute atomic E-state index is 12.7. The zero-order valence-electron chi connectivity index (χ0n) is 13.2. The Morgan fingerprint density at radius 1 is 0.923 bits per heavy atom. The van der Waals surface area contributed by atoms with Gasteiger partial charge in [-0.05, 0) is 23.8 Å². The second-order valence-corrected chi connectivity index (χ2v) is 7.22. The minimum absolute atomic E-state index is 0.0559. The molecule has 0 saturated heterocycles. The van der Waals surface area contributed by atoms with Gasteiger partial charge in [0.25, 0.3) is 5.69 Å². The molecule has 0 aliphatic rings. The number of hydrogen-bond acceptors (Lipinski definition) is 5. The second kappa shape index (κ2) is 7.15. The summed E-state index contributed by atoms with van der Waals surface area (Å²) in [6.45, 7) is 0. The van der Waals surface area contributed by atoms with E-state index < -0.39 is 25.6 Å². The lowest BCUT2D eigenvalue weighted by atomic mass is 10.1. The quantitative estimate of drug-likeness (QED) is 0.359. The van der Waals surface area contributed by atoms with Gasteiger partial charge < -0.3 is 4.18 Å². The van der Waals surface area contributed by atoms with Crippen LogP contribution in [0.5, 0.6) is 5.75 Å². The zero-order chi connectivity index (χ0) is 18.7. The highest BCUT2D eigenvalue weighted by Gasteiger charge is 2.28. The third-order valence-electron chi connectivity index (χ3n) is 3.56. The van der Waals surface area contributed by atoms with E-state index in [1.54, 1.807) is 30.3 Å². The number of para-hydroxylation sites is 1. The van der Waals surface area contributed by atoms with Crippen molar-refractivity contribution in [3.63, 3.8) is 0 Å². The fourth-order valence-electron chi connectivity index (χ4n) is 2.40. The molecule has 0 aliphatic heterocycles. The highest BCUT2D eigenvalue weighted by atomic mass is 35.5. The van der Waals surface area contributed by atoms with E-state index in [4.69, 9.17) is 15.8 Å². The molecule has 0 saturated carbocycles. The lowest BCUT2D eigenvalue weighted by molar-refractivity contribution is -0.387. The molecular weight excluding hydrogens is 378 g/mol. The van der Waals surface area contributed by atoms with Crippen LogP contribution in [0.1, 0.15) is 0 Å². The van der Waals surface area contributed by atoms with Crippen LogP contribution in [0, 0.1) is 10.1 Å². The average molecular weight is 390 g/mol. The van der Waals surface area contributed by atoms with Crippen molar-refractivity contribution >= 4 is 27.4 Å². The highest BCUT2D eigenvalue weighted by molar-refractivity contribution is 7.87. The summed E-state index contributed by atoms with van der Waals surface area (Å²) < 4.78 is 30.5. The molecule has 3 rings (SSSR count). The highest BCUT2D eigenvalue weighted by Crippen LogP contribution is 2.34. The first-order chi connectivity index (χ1) is 12.4. The number of nitrogens with zero attached hydrogens (tertiary/aromatic N) is 1. The molecule has 0 unspecified atom stereocenters. The Bertz CT molecular complexity index is 1070. The molecule has 0 atom stereocenters. The van der Waals surface area contributed by atoms with Crippen molar-refractivity contribution in [3.05, 3.63) is 87.9 Å². The Balaban J connectivity index is 2.07. The van der Waals surface area contributed by atoms with E-state index in [-0.39, 0.29) is 10.8 Å². The van der Waals surface area contributed by atoms with Gasteiger partial charge in [0.05, 0.1) is 4.92 Å². The summed E-state index contributed by atoms with van der Waals surface area (Å²) in [6.07, 6.45) is 0. The minimum atomic E-state index is -4.44. The predicted molar refractivity (Wildman–Crippen MR) is 97.8 cm³/mol. The molecule has 0 radical (unpaired) electrons. The van der Waals surface area contributed by atoms with Crippen LogP contribution >= 0.6 is 11.6 Å². The molecular formula is C18H12ClNO5S. The van der Waals surface area contributed by atoms with Crippen molar-refractivity contribution in [1.29, 1.82) is 0 Å². The number of nitro benzene ring substituents is 1. The first-order valence-electron chi connectivity index (χ1n) is 7.41. The van der Waals surface area contributed by atoms with Gasteiger partial charge in [-0.1, -0.05) is 60.1 Å². The summed E-state index contributed by atoms with van der Waals surface area (Å²) in [4.78, 5) is 9.81. The molecule has 0 N–H and O–H groups in total. The molecule has 26 heavy (non-hydrogen) atoms. The van der Waals surface area contributed by atoms with Gasteiger partial charge in [-0.25, -0.2) is 0 Å². The molecule has 0 fully saturated rings. The van der Waals surface area contributed by atoms with Crippen LogP contribution in [0.4, 0.5) is 5.69 Å². The topological polar surface area (TPSA) is 86.5 Å². The molecule has 3 aromatic carbocycles. The first kappa shape index (κ1) is 17.9. The molecule has 0 heterocycles.